The summed E-state index contributed by atoms with van der Waals surface area (Å²) < 4.78 is 5.32. The molecule has 112 valence electrons. The normalized spacial score (nSPS) is 16.8. The molecule has 21 heavy (non-hydrogen) atoms. The maximum Gasteiger partial charge on any atom is 0.231 e. The molecule has 0 aliphatic carbocycles. The maximum atomic E-state index is 5.99. The second kappa shape index (κ2) is 6.23. The molecule has 0 saturated carbocycles. The zero-order valence-electron chi connectivity index (χ0n) is 11.6. The van der Waals surface area contributed by atoms with E-state index in [2.05, 4.69) is 30.2 Å². The van der Waals surface area contributed by atoms with Gasteiger partial charge in [0.1, 0.15) is 5.82 Å². The van der Waals surface area contributed by atoms with Crippen LogP contribution in [0.2, 0.25) is 5.28 Å². The Hall–Kier alpha value is -1.93. The maximum absolute atomic E-state index is 5.99. The van der Waals surface area contributed by atoms with Crippen molar-refractivity contribution in [2.24, 2.45) is 0 Å². The molecule has 0 bridgehead atoms. The number of morpholine rings is 1. The Morgan fingerprint density at radius 2 is 2.14 bits per heavy atom. The summed E-state index contributed by atoms with van der Waals surface area (Å²) in [5.41, 5.74) is 0. The Labute approximate surface area is 126 Å². The Kier molecular flexibility index (Phi) is 4.16. The van der Waals surface area contributed by atoms with Gasteiger partial charge in [-0.1, -0.05) is 0 Å². The fraction of sp³-hybridized carbons (Fsp3) is 0.500. The fourth-order valence-corrected chi connectivity index (χ4v) is 2.24. The molecule has 1 aliphatic rings. The van der Waals surface area contributed by atoms with Crippen LogP contribution in [0.25, 0.3) is 0 Å². The van der Waals surface area contributed by atoms with E-state index >= 15 is 0 Å². The molecule has 8 nitrogen and oxygen atoms in total. The lowest BCUT2D eigenvalue weighted by molar-refractivity contribution is 0.122. The molecule has 2 aromatic rings. The SMILES string of the molecule is CC(Nc1nc(Cl)nc(N2CCOCC2)n1)c1ncc[nH]1. The molecule has 0 spiro atoms. The summed E-state index contributed by atoms with van der Waals surface area (Å²) in [6.07, 6.45) is 3.47. The van der Waals surface area contributed by atoms with E-state index in [0.29, 0.717) is 25.1 Å². The molecule has 1 atom stereocenters. The summed E-state index contributed by atoms with van der Waals surface area (Å²) in [7, 11) is 0. The predicted octanol–water partition coefficient (Wildman–Crippen LogP) is 1.26. The first-order chi connectivity index (χ1) is 10.2. The molecular formula is C12H16ClN7O. The van der Waals surface area contributed by atoms with Crippen molar-refractivity contribution in [3.8, 4) is 0 Å². The number of H-pyrrole nitrogens is 1. The third kappa shape index (κ3) is 3.40. The number of nitrogens with one attached hydrogen (secondary N) is 2. The average molecular weight is 310 g/mol. The summed E-state index contributed by atoms with van der Waals surface area (Å²) in [5, 5.41) is 3.33. The highest BCUT2D eigenvalue weighted by Gasteiger charge is 2.17. The van der Waals surface area contributed by atoms with E-state index in [-0.39, 0.29) is 11.3 Å². The molecule has 1 saturated heterocycles. The molecular weight excluding hydrogens is 294 g/mol. The highest BCUT2D eigenvalue weighted by molar-refractivity contribution is 6.28. The van der Waals surface area contributed by atoms with E-state index < -0.39 is 0 Å². The molecule has 1 fully saturated rings. The van der Waals surface area contributed by atoms with Crippen LogP contribution >= 0.6 is 11.6 Å². The number of aromatic nitrogens is 5. The number of nitrogens with zero attached hydrogens (tertiary/aromatic N) is 5. The Morgan fingerprint density at radius 1 is 1.33 bits per heavy atom. The zero-order valence-corrected chi connectivity index (χ0v) is 12.3. The number of rotatable bonds is 4. The number of halogens is 1. The van der Waals surface area contributed by atoms with Crippen LogP contribution in [-0.2, 0) is 4.74 Å². The number of aromatic amines is 1. The highest BCUT2D eigenvalue weighted by Crippen LogP contribution is 2.18. The van der Waals surface area contributed by atoms with E-state index in [1.165, 1.54) is 0 Å². The van der Waals surface area contributed by atoms with Crippen molar-refractivity contribution in [3.63, 3.8) is 0 Å². The topological polar surface area (TPSA) is 91.8 Å². The van der Waals surface area contributed by atoms with Gasteiger partial charge in [-0.05, 0) is 18.5 Å². The van der Waals surface area contributed by atoms with Crippen LogP contribution in [0, 0.1) is 0 Å². The number of hydrogen-bond acceptors (Lipinski definition) is 7. The molecule has 2 N–H and O–H groups in total. The minimum absolute atomic E-state index is 0.0593. The molecule has 1 unspecified atom stereocenters. The first-order valence-corrected chi connectivity index (χ1v) is 7.10. The number of ether oxygens (including phenoxy) is 1. The molecule has 3 rings (SSSR count). The largest absolute Gasteiger partial charge is 0.378 e. The van der Waals surface area contributed by atoms with Crippen molar-refractivity contribution in [2.75, 3.05) is 36.5 Å². The van der Waals surface area contributed by atoms with Crippen molar-refractivity contribution in [1.29, 1.82) is 0 Å². The Morgan fingerprint density at radius 3 is 2.86 bits per heavy atom. The summed E-state index contributed by atoms with van der Waals surface area (Å²) in [5.74, 6) is 1.80. The quantitative estimate of drug-likeness (QED) is 0.878. The molecule has 1 aliphatic heterocycles. The third-order valence-corrected chi connectivity index (χ3v) is 3.33. The van der Waals surface area contributed by atoms with Crippen LogP contribution in [0.3, 0.4) is 0 Å². The van der Waals surface area contributed by atoms with Gasteiger partial charge in [-0.2, -0.15) is 15.0 Å². The van der Waals surface area contributed by atoms with Crippen molar-refractivity contribution >= 4 is 23.5 Å². The second-order valence-electron chi connectivity index (χ2n) is 4.67. The monoisotopic (exact) mass is 309 g/mol. The smallest absolute Gasteiger partial charge is 0.231 e. The lowest BCUT2D eigenvalue weighted by Crippen LogP contribution is -2.37. The van der Waals surface area contributed by atoms with Crippen LogP contribution in [0.4, 0.5) is 11.9 Å². The Balaban J connectivity index is 1.77. The van der Waals surface area contributed by atoms with Crippen molar-refractivity contribution in [3.05, 3.63) is 23.5 Å². The van der Waals surface area contributed by atoms with E-state index in [0.717, 1.165) is 18.9 Å². The predicted molar refractivity (Wildman–Crippen MR) is 78.5 cm³/mol. The van der Waals surface area contributed by atoms with Crippen molar-refractivity contribution in [1.82, 2.24) is 24.9 Å². The lowest BCUT2D eigenvalue weighted by Gasteiger charge is -2.27. The third-order valence-electron chi connectivity index (χ3n) is 3.17. The van der Waals surface area contributed by atoms with Crippen LogP contribution in [0.5, 0.6) is 0 Å². The van der Waals surface area contributed by atoms with Gasteiger partial charge in [-0.15, -0.1) is 0 Å². The average Bonchev–Trinajstić information content (AvgIpc) is 3.02. The van der Waals surface area contributed by atoms with Crippen LogP contribution in [-0.4, -0.2) is 51.2 Å². The van der Waals surface area contributed by atoms with E-state index in [4.69, 9.17) is 16.3 Å². The standard InChI is InChI=1S/C12H16ClN7O/c1-8(9-14-2-3-15-9)16-11-17-10(13)18-12(19-11)20-4-6-21-7-5-20/h2-3,8H,4-7H2,1H3,(H,14,15)(H,16,17,18,19). The van der Waals surface area contributed by atoms with Gasteiger partial charge in [0.25, 0.3) is 0 Å². The minimum atomic E-state index is -0.0593. The molecule has 2 aromatic heterocycles. The second-order valence-corrected chi connectivity index (χ2v) is 5.01. The van der Waals surface area contributed by atoms with Crippen LogP contribution in [0.1, 0.15) is 18.8 Å². The van der Waals surface area contributed by atoms with Gasteiger partial charge in [0.05, 0.1) is 19.3 Å². The molecule has 3 heterocycles. The summed E-state index contributed by atoms with van der Waals surface area (Å²) in [6, 6.07) is -0.0593. The van der Waals surface area contributed by atoms with Gasteiger partial charge >= 0.3 is 0 Å². The van der Waals surface area contributed by atoms with Gasteiger partial charge in [-0.25, -0.2) is 4.98 Å². The zero-order chi connectivity index (χ0) is 14.7. The molecule has 0 radical (unpaired) electrons. The number of imidazole rings is 1. The summed E-state index contributed by atoms with van der Waals surface area (Å²) in [4.78, 5) is 22.0. The van der Waals surface area contributed by atoms with Gasteiger partial charge in [0.2, 0.25) is 17.2 Å². The van der Waals surface area contributed by atoms with Crippen molar-refractivity contribution in [2.45, 2.75) is 13.0 Å². The van der Waals surface area contributed by atoms with E-state index in [1.807, 2.05) is 11.8 Å². The Bertz CT molecular complexity index is 585. The minimum Gasteiger partial charge on any atom is -0.378 e. The molecule has 9 heteroatoms. The van der Waals surface area contributed by atoms with Crippen LogP contribution in [0.15, 0.2) is 12.4 Å². The molecule has 0 amide bonds. The molecule has 0 aromatic carbocycles. The van der Waals surface area contributed by atoms with E-state index in [1.54, 1.807) is 12.4 Å². The summed E-state index contributed by atoms with van der Waals surface area (Å²) >= 11 is 5.99. The number of hydrogen-bond donors (Lipinski definition) is 2. The van der Waals surface area contributed by atoms with Gasteiger partial charge < -0.3 is 19.9 Å². The van der Waals surface area contributed by atoms with E-state index in [9.17, 15) is 0 Å². The summed E-state index contributed by atoms with van der Waals surface area (Å²) in [6.45, 7) is 4.77. The van der Waals surface area contributed by atoms with Gasteiger partial charge in [0.15, 0.2) is 0 Å². The lowest BCUT2D eigenvalue weighted by atomic mass is 10.3. The van der Waals surface area contributed by atoms with Gasteiger partial charge in [-0.3, -0.25) is 0 Å². The highest BCUT2D eigenvalue weighted by atomic mass is 35.5. The first kappa shape index (κ1) is 14.0. The van der Waals surface area contributed by atoms with Crippen molar-refractivity contribution < 1.29 is 4.74 Å². The number of anilines is 2. The fourth-order valence-electron chi connectivity index (χ4n) is 2.09. The van der Waals surface area contributed by atoms with Crippen LogP contribution < -0.4 is 10.2 Å². The first-order valence-electron chi connectivity index (χ1n) is 6.72. The van der Waals surface area contributed by atoms with Gasteiger partial charge in [0, 0.05) is 25.5 Å².